The van der Waals surface area contributed by atoms with Crippen LogP contribution in [-0.4, -0.2) is 24.5 Å². The van der Waals surface area contributed by atoms with Gasteiger partial charge in [0.25, 0.3) is 0 Å². The molecule has 0 spiro atoms. The fourth-order valence-electron chi connectivity index (χ4n) is 1.58. The molecule has 3 heteroatoms. The van der Waals surface area contributed by atoms with E-state index in [1.54, 1.807) is 7.05 Å². The van der Waals surface area contributed by atoms with Gasteiger partial charge in [0, 0.05) is 31.2 Å². The topological polar surface area (TPSA) is 37.6 Å². The zero-order valence-corrected chi connectivity index (χ0v) is 10.9. The normalized spacial score (nSPS) is 12.8. The first-order chi connectivity index (χ1) is 8.24. The third kappa shape index (κ3) is 3.34. The van der Waals surface area contributed by atoms with Gasteiger partial charge >= 0.3 is 0 Å². The minimum absolute atomic E-state index is 0.917. The number of rotatable bonds is 4. The molecule has 0 amide bonds. The number of aryl methyl sites for hydroxylation is 1. The molecule has 0 aromatic carbocycles. The Morgan fingerprint density at radius 2 is 2.24 bits per heavy atom. The van der Waals surface area contributed by atoms with E-state index in [9.17, 15) is 0 Å². The van der Waals surface area contributed by atoms with Gasteiger partial charge in [-0.05, 0) is 31.9 Å². The van der Waals surface area contributed by atoms with Crippen molar-refractivity contribution in [1.29, 1.82) is 0 Å². The molecule has 0 aliphatic heterocycles. The lowest BCUT2D eigenvalue weighted by Gasteiger charge is -2.08. The molecule has 0 aliphatic carbocycles. The van der Waals surface area contributed by atoms with E-state index in [2.05, 4.69) is 21.9 Å². The number of aromatic nitrogens is 1. The molecule has 1 rings (SSSR count). The Morgan fingerprint density at radius 1 is 1.47 bits per heavy atom. The molecule has 0 atom stereocenters. The van der Waals surface area contributed by atoms with E-state index < -0.39 is 0 Å². The Balaban J connectivity index is 3.32. The summed E-state index contributed by atoms with van der Waals surface area (Å²) in [5.74, 6) is 0. The summed E-state index contributed by atoms with van der Waals surface area (Å²) in [6.45, 7) is 6.04. The summed E-state index contributed by atoms with van der Waals surface area (Å²) in [7, 11) is 1.77. The monoisotopic (exact) mass is 229 g/mol. The van der Waals surface area contributed by atoms with Gasteiger partial charge in [-0.15, -0.1) is 0 Å². The second-order valence-corrected chi connectivity index (χ2v) is 3.64. The van der Waals surface area contributed by atoms with Crippen LogP contribution in [-0.2, 0) is 0 Å². The second-order valence-electron chi connectivity index (χ2n) is 3.64. The lowest BCUT2D eigenvalue weighted by atomic mass is 10.0. The standard InChI is InChI=1S/C14H19N3/c1-5-8-17-14-11(3)16-9-7-13(14)12(6-2)10-15-4/h6-10H,5H2,1-4H3/b12-6+,15-10?,17-8?. The molecule has 0 saturated heterocycles. The lowest BCUT2D eigenvalue weighted by molar-refractivity contribution is 1.17. The number of aliphatic imine (C=N–C) groups is 2. The molecule has 0 radical (unpaired) electrons. The van der Waals surface area contributed by atoms with Crippen LogP contribution in [0.3, 0.4) is 0 Å². The Bertz CT molecular complexity index is 457. The predicted octanol–water partition coefficient (Wildman–Crippen LogP) is 3.61. The van der Waals surface area contributed by atoms with Crippen molar-refractivity contribution >= 4 is 23.7 Å². The number of hydrogen-bond donors (Lipinski definition) is 0. The van der Waals surface area contributed by atoms with Gasteiger partial charge in [0.15, 0.2) is 0 Å². The SMILES string of the molecule is C/C=C(\C=NC)c1ccnc(C)c1N=CCC. The molecule has 0 N–H and O–H groups in total. The van der Waals surface area contributed by atoms with Crippen molar-refractivity contribution in [3.8, 4) is 0 Å². The largest absolute Gasteiger partial charge is 0.296 e. The first-order valence-corrected chi connectivity index (χ1v) is 5.81. The molecule has 0 saturated carbocycles. The zero-order chi connectivity index (χ0) is 12.7. The van der Waals surface area contributed by atoms with E-state index in [-0.39, 0.29) is 0 Å². The predicted molar refractivity (Wildman–Crippen MR) is 75.5 cm³/mol. The summed E-state index contributed by atoms with van der Waals surface area (Å²) in [6, 6.07) is 1.98. The molecule has 17 heavy (non-hydrogen) atoms. The van der Waals surface area contributed by atoms with E-state index in [1.807, 2.05) is 44.6 Å². The highest BCUT2D eigenvalue weighted by Gasteiger charge is 2.07. The van der Waals surface area contributed by atoms with Gasteiger partial charge in [-0.2, -0.15) is 0 Å². The van der Waals surface area contributed by atoms with Gasteiger partial charge in [-0.1, -0.05) is 13.0 Å². The summed E-state index contributed by atoms with van der Waals surface area (Å²) in [5.41, 5.74) is 4.02. The fourth-order valence-corrected chi connectivity index (χ4v) is 1.58. The molecular formula is C14H19N3. The third-order valence-electron chi connectivity index (χ3n) is 2.40. The van der Waals surface area contributed by atoms with Crippen molar-refractivity contribution in [2.45, 2.75) is 27.2 Å². The molecule has 1 heterocycles. The van der Waals surface area contributed by atoms with Crippen LogP contribution in [0.25, 0.3) is 5.57 Å². The summed E-state index contributed by atoms with van der Waals surface area (Å²) in [6.07, 6.45) is 8.51. The van der Waals surface area contributed by atoms with Crippen LogP contribution in [0.1, 0.15) is 31.5 Å². The van der Waals surface area contributed by atoms with E-state index >= 15 is 0 Å². The zero-order valence-electron chi connectivity index (χ0n) is 10.9. The van der Waals surface area contributed by atoms with E-state index in [0.717, 1.165) is 28.9 Å². The van der Waals surface area contributed by atoms with Crippen LogP contribution in [0, 0.1) is 6.92 Å². The van der Waals surface area contributed by atoms with E-state index in [4.69, 9.17) is 0 Å². The van der Waals surface area contributed by atoms with Crippen LogP contribution in [0.4, 0.5) is 5.69 Å². The summed E-state index contributed by atoms with van der Waals surface area (Å²) in [5, 5.41) is 0. The van der Waals surface area contributed by atoms with Crippen molar-refractivity contribution in [3.63, 3.8) is 0 Å². The van der Waals surface area contributed by atoms with Gasteiger partial charge in [-0.3, -0.25) is 15.0 Å². The Morgan fingerprint density at radius 3 is 2.82 bits per heavy atom. The molecule has 0 aliphatic rings. The fraction of sp³-hybridized carbons (Fsp3) is 0.357. The summed E-state index contributed by atoms with van der Waals surface area (Å²) < 4.78 is 0. The van der Waals surface area contributed by atoms with Gasteiger partial charge < -0.3 is 0 Å². The second kappa shape index (κ2) is 6.74. The van der Waals surface area contributed by atoms with E-state index in [1.165, 1.54) is 0 Å². The van der Waals surface area contributed by atoms with Crippen LogP contribution < -0.4 is 0 Å². The molecular weight excluding hydrogens is 210 g/mol. The first kappa shape index (κ1) is 13.3. The maximum Gasteiger partial charge on any atom is 0.0916 e. The van der Waals surface area contributed by atoms with E-state index in [0.29, 0.717) is 0 Å². The van der Waals surface area contributed by atoms with Gasteiger partial charge in [0.05, 0.1) is 11.4 Å². The number of allylic oxidation sites excluding steroid dienone is 2. The highest BCUT2D eigenvalue weighted by molar-refractivity contribution is 6.11. The van der Waals surface area contributed by atoms with Crippen LogP contribution in [0.5, 0.6) is 0 Å². The summed E-state index contributed by atoms with van der Waals surface area (Å²) in [4.78, 5) is 12.8. The Labute approximate surface area is 103 Å². The maximum atomic E-state index is 4.49. The van der Waals surface area contributed by atoms with Crippen molar-refractivity contribution in [2.24, 2.45) is 9.98 Å². The van der Waals surface area contributed by atoms with Crippen molar-refractivity contribution < 1.29 is 0 Å². The lowest BCUT2D eigenvalue weighted by Crippen LogP contribution is -1.92. The highest BCUT2D eigenvalue weighted by Crippen LogP contribution is 2.27. The third-order valence-corrected chi connectivity index (χ3v) is 2.40. The molecule has 1 aromatic heterocycles. The van der Waals surface area contributed by atoms with Crippen LogP contribution in [0.2, 0.25) is 0 Å². The number of hydrogen-bond acceptors (Lipinski definition) is 3. The van der Waals surface area contributed by atoms with Crippen molar-refractivity contribution in [3.05, 3.63) is 29.6 Å². The van der Waals surface area contributed by atoms with Gasteiger partial charge in [0.2, 0.25) is 0 Å². The number of pyridine rings is 1. The van der Waals surface area contributed by atoms with Crippen LogP contribution in [0.15, 0.2) is 28.3 Å². The van der Waals surface area contributed by atoms with Gasteiger partial charge in [-0.25, -0.2) is 0 Å². The minimum atomic E-state index is 0.917. The average Bonchev–Trinajstić information content (AvgIpc) is 2.34. The smallest absolute Gasteiger partial charge is 0.0916 e. The van der Waals surface area contributed by atoms with Crippen LogP contribution >= 0.6 is 0 Å². The molecule has 0 bridgehead atoms. The average molecular weight is 229 g/mol. The molecule has 0 unspecified atom stereocenters. The summed E-state index contributed by atoms with van der Waals surface area (Å²) >= 11 is 0. The minimum Gasteiger partial charge on any atom is -0.296 e. The van der Waals surface area contributed by atoms with Crippen molar-refractivity contribution in [1.82, 2.24) is 4.98 Å². The van der Waals surface area contributed by atoms with Crippen molar-refractivity contribution in [2.75, 3.05) is 7.05 Å². The maximum absolute atomic E-state index is 4.49. The Kier molecular flexibility index (Phi) is 5.27. The first-order valence-electron chi connectivity index (χ1n) is 5.81. The quantitative estimate of drug-likeness (QED) is 0.727. The highest BCUT2D eigenvalue weighted by atomic mass is 14.8. The number of nitrogens with zero attached hydrogens (tertiary/aromatic N) is 3. The molecule has 90 valence electrons. The molecule has 1 aromatic rings. The Hall–Kier alpha value is -1.77. The van der Waals surface area contributed by atoms with Gasteiger partial charge in [0.1, 0.15) is 0 Å². The molecule has 0 fully saturated rings. The molecule has 3 nitrogen and oxygen atoms in total.